The van der Waals surface area contributed by atoms with E-state index in [-0.39, 0.29) is 15.0 Å². The Bertz CT molecular complexity index is 398. The Hall–Kier alpha value is -1.50. The van der Waals surface area contributed by atoms with E-state index in [1.807, 2.05) is 0 Å². The molecular weight excluding hydrogens is 247 g/mol. The Labute approximate surface area is 87.8 Å². The van der Waals surface area contributed by atoms with Gasteiger partial charge in [0.2, 0.25) is 0 Å². The fraction of sp³-hybridized carbons (Fsp3) is 0.111. The van der Waals surface area contributed by atoms with Crippen LogP contribution in [0.1, 0.15) is 10.4 Å². The molecule has 0 amide bonds. The molecule has 1 rings (SSSR count). The monoisotopic (exact) mass is 256 g/mol. The Morgan fingerprint density at radius 1 is 1.64 bits per heavy atom. The molecule has 0 unspecified atom stereocenters. The van der Waals surface area contributed by atoms with Crippen molar-refractivity contribution < 1.29 is 9.53 Å². The number of nitriles is 1. The number of nitrogen functional groups attached to an aromatic ring is 1. The molecule has 0 radical (unpaired) electrons. The molecule has 0 aromatic heterocycles. The van der Waals surface area contributed by atoms with Gasteiger partial charge < -0.3 is 0 Å². The van der Waals surface area contributed by atoms with Gasteiger partial charge in [-0.25, -0.2) is 0 Å². The summed E-state index contributed by atoms with van der Waals surface area (Å²) in [5.41, 5.74) is 6.28. The van der Waals surface area contributed by atoms with Crippen molar-refractivity contribution in [1.82, 2.24) is 0 Å². The van der Waals surface area contributed by atoms with Crippen molar-refractivity contribution in [3.8, 4) is 4.97 Å². The number of ether oxygens (including phenoxy) is 1. The zero-order valence-electron chi connectivity index (χ0n) is 7.48. The molecule has 1 aromatic rings. The summed E-state index contributed by atoms with van der Waals surface area (Å²) in [7, 11) is 1.30. The van der Waals surface area contributed by atoms with E-state index in [0.717, 1.165) is 4.46 Å². The average molecular weight is 255 g/mol. The predicted molar refractivity (Wildman–Crippen MR) is 53.2 cm³/mol. The summed E-state index contributed by atoms with van der Waals surface area (Å²) in [6.07, 6.45) is 0. The Kier molecular flexibility index (Phi) is 3.52. The van der Waals surface area contributed by atoms with Crippen LogP contribution in [0.5, 0.6) is 0 Å². The van der Waals surface area contributed by atoms with E-state index in [1.54, 1.807) is 18.2 Å². The van der Waals surface area contributed by atoms with Gasteiger partial charge in [-0.15, -0.1) is 0 Å². The predicted octanol–water partition coefficient (Wildman–Crippen LogP) is -0.134. The first-order valence-electron chi connectivity index (χ1n) is 3.73. The minimum absolute atomic E-state index is 0.281. The van der Waals surface area contributed by atoms with E-state index < -0.39 is 5.97 Å². The van der Waals surface area contributed by atoms with Gasteiger partial charge in [0, 0.05) is 0 Å². The zero-order valence-corrected chi connectivity index (χ0v) is 9.19. The van der Waals surface area contributed by atoms with Crippen LogP contribution in [-0.4, -0.2) is 28.0 Å². The van der Waals surface area contributed by atoms with Gasteiger partial charge in [0.1, 0.15) is 0 Å². The fourth-order valence-electron chi connectivity index (χ4n) is 0.938. The van der Waals surface area contributed by atoms with Gasteiger partial charge in [-0.05, 0) is 0 Å². The quantitative estimate of drug-likeness (QED) is 0.453. The second-order valence-corrected chi connectivity index (χ2v) is 4.23. The van der Waals surface area contributed by atoms with Crippen molar-refractivity contribution in [3.63, 3.8) is 0 Å². The SMILES string of the molecule is COC(=O)c1cc([Se]C#N)ccc1N. The number of benzene rings is 1. The van der Waals surface area contributed by atoms with E-state index in [4.69, 9.17) is 11.0 Å². The summed E-state index contributed by atoms with van der Waals surface area (Å²) in [6, 6.07) is 4.95. The third-order valence-electron chi connectivity index (χ3n) is 1.59. The van der Waals surface area contributed by atoms with Crippen LogP contribution in [0, 0.1) is 10.2 Å². The summed E-state index contributed by atoms with van der Waals surface area (Å²) >= 11 is -0.281. The number of nitrogens with two attached hydrogens (primary N) is 1. The van der Waals surface area contributed by atoms with Crippen LogP contribution in [0.25, 0.3) is 0 Å². The number of carbonyl (C=O) groups is 1. The number of hydrogen-bond donors (Lipinski definition) is 1. The maximum absolute atomic E-state index is 11.2. The van der Waals surface area contributed by atoms with E-state index in [2.05, 4.69) is 9.70 Å². The van der Waals surface area contributed by atoms with Crippen molar-refractivity contribution >= 4 is 31.1 Å². The number of esters is 1. The molecule has 0 spiro atoms. The second kappa shape index (κ2) is 4.66. The third-order valence-corrected chi connectivity index (χ3v) is 2.81. The molecule has 0 heterocycles. The molecule has 0 aliphatic heterocycles. The van der Waals surface area contributed by atoms with Crippen molar-refractivity contribution in [2.24, 2.45) is 0 Å². The van der Waals surface area contributed by atoms with Gasteiger partial charge in [0.25, 0.3) is 0 Å². The van der Waals surface area contributed by atoms with Crippen molar-refractivity contribution in [2.75, 3.05) is 12.8 Å². The summed E-state index contributed by atoms with van der Waals surface area (Å²) in [4.78, 5) is 13.3. The van der Waals surface area contributed by atoms with Gasteiger partial charge in [0.15, 0.2) is 0 Å². The van der Waals surface area contributed by atoms with Crippen LogP contribution < -0.4 is 10.2 Å². The number of hydrogen-bond acceptors (Lipinski definition) is 4. The van der Waals surface area contributed by atoms with Crippen molar-refractivity contribution in [1.29, 1.82) is 5.26 Å². The first-order chi connectivity index (χ1) is 6.69. The number of nitrogens with zero attached hydrogens (tertiary/aromatic N) is 1. The van der Waals surface area contributed by atoms with Crippen molar-refractivity contribution in [3.05, 3.63) is 23.8 Å². The van der Waals surface area contributed by atoms with E-state index in [9.17, 15) is 4.79 Å². The summed E-state index contributed by atoms with van der Waals surface area (Å²) in [5, 5.41) is 8.51. The topological polar surface area (TPSA) is 76.1 Å². The molecule has 0 aliphatic carbocycles. The van der Waals surface area contributed by atoms with E-state index in [1.165, 1.54) is 7.11 Å². The molecule has 2 N–H and O–H groups in total. The standard InChI is InChI=1S/C9H8N2O2Se/c1-13-9(12)7-4-6(14-5-10)2-3-8(7)11/h2-4H,11H2,1H3. The Morgan fingerprint density at radius 2 is 2.36 bits per heavy atom. The van der Waals surface area contributed by atoms with Crippen LogP contribution in [0.15, 0.2) is 18.2 Å². The second-order valence-electron chi connectivity index (χ2n) is 2.43. The number of rotatable bonds is 2. The van der Waals surface area contributed by atoms with E-state index >= 15 is 0 Å². The molecule has 72 valence electrons. The Balaban J connectivity index is 3.09. The first-order valence-corrected chi connectivity index (χ1v) is 5.44. The minimum atomic E-state index is -0.474. The molecule has 0 aliphatic rings. The Morgan fingerprint density at radius 3 is 2.93 bits per heavy atom. The number of carbonyl (C=O) groups excluding carboxylic acids is 1. The van der Waals surface area contributed by atoms with Crippen LogP contribution in [0.2, 0.25) is 0 Å². The van der Waals surface area contributed by atoms with Crippen LogP contribution in [0.4, 0.5) is 5.69 Å². The fourth-order valence-corrected chi connectivity index (χ4v) is 1.82. The molecule has 0 saturated heterocycles. The van der Waals surface area contributed by atoms with Gasteiger partial charge >= 0.3 is 87.4 Å². The first kappa shape index (κ1) is 10.6. The van der Waals surface area contributed by atoms with E-state index in [0.29, 0.717) is 11.3 Å². The van der Waals surface area contributed by atoms with Crippen LogP contribution >= 0.6 is 0 Å². The summed E-state index contributed by atoms with van der Waals surface area (Å²) in [6.45, 7) is 0. The number of methoxy groups -OCH3 is 1. The van der Waals surface area contributed by atoms with Crippen LogP contribution in [0.3, 0.4) is 0 Å². The molecular formula is C9H8N2O2Se. The molecule has 14 heavy (non-hydrogen) atoms. The molecule has 1 aromatic carbocycles. The molecule has 0 atom stereocenters. The third kappa shape index (κ3) is 2.25. The average Bonchev–Trinajstić information content (AvgIpc) is 2.20. The van der Waals surface area contributed by atoms with Gasteiger partial charge in [-0.1, -0.05) is 0 Å². The maximum atomic E-state index is 11.2. The zero-order chi connectivity index (χ0) is 10.6. The van der Waals surface area contributed by atoms with Crippen LogP contribution in [-0.2, 0) is 4.74 Å². The van der Waals surface area contributed by atoms with Crippen molar-refractivity contribution in [2.45, 2.75) is 0 Å². The summed E-state index contributed by atoms with van der Waals surface area (Å²) in [5.74, 6) is -0.474. The molecule has 5 heteroatoms. The number of anilines is 1. The normalized spacial score (nSPS) is 9.14. The van der Waals surface area contributed by atoms with Gasteiger partial charge in [0.05, 0.1) is 0 Å². The molecule has 0 bridgehead atoms. The molecule has 0 fully saturated rings. The summed E-state index contributed by atoms with van der Waals surface area (Å²) < 4.78 is 5.37. The van der Waals surface area contributed by atoms with Gasteiger partial charge in [-0.2, -0.15) is 0 Å². The molecule has 4 nitrogen and oxygen atoms in total. The van der Waals surface area contributed by atoms with Gasteiger partial charge in [-0.3, -0.25) is 0 Å². The molecule has 0 saturated carbocycles.